The Bertz CT molecular complexity index is 281. The summed E-state index contributed by atoms with van der Waals surface area (Å²) in [7, 11) is 0. The minimum absolute atomic E-state index is 0.0770. The Balaban J connectivity index is 2.44. The Hall–Kier alpha value is -0.780. The van der Waals surface area contributed by atoms with Gasteiger partial charge in [-0.1, -0.05) is 13.3 Å². The summed E-state index contributed by atoms with van der Waals surface area (Å²) in [6, 6.07) is 0. The molecule has 106 valence electrons. The third kappa shape index (κ3) is 4.48. The number of alkyl halides is 3. The van der Waals surface area contributed by atoms with E-state index in [4.69, 9.17) is 5.73 Å². The Morgan fingerprint density at radius 3 is 2.67 bits per heavy atom. The highest BCUT2D eigenvalue weighted by Gasteiger charge is 2.43. The molecule has 1 aliphatic carbocycles. The number of rotatable bonds is 4. The van der Waals surface area contributed by atoms with Crippen LogP contribution in [0.4, 0.5) is 13.2 Å². The van der Waals surface area contributed by atoms with Gasteiger partial charge in [0.15, 0.2) is 0 Å². The lowest BCUT2D eigenvalue weighted by atomic mass is 9.80. The normalized spacial score (nSPS) is 26.7. The molecule has 0 aromatic heterocycles. The van der Waals surface area contributed by atoms with Crippen LogP contribution >= 0.6 is 0 Å². The Morgan fingerprint density at radius 2 is 2.11 bits per heavy atom. The van der Waals surface area contributed by atoms with Gasteiger partial charge < -0.3 is 11.1 Å². The topological polar surface area (TPSA) is 55.1 Å². The summed E-state index contributed by atoms with van der Waals surface area (Å²) < 4.78 is 37.8. The molecule has 3 nitrogen and oxygen atoms in total. The van der Waals surface area contributed by atoms with Crippen LogP contribution in [0.2, 0.25) is 0 Å². The highest BCUT2D eigenvalue weighted by atomic mass is 19.4. The molecule has 0 bridgehead atoms. The van der Waals surface area contributed by atoms with Crippen molar-refractivity contribution in [3.05, 3.63) is 0 Å². The van der Waals surface area contributed by atoms with Crippen LogP contribution in [-0.4, -0.2) is 25.2 Å². The predicted octanol–water partition coefficient (Wildman–Crippen LogP) is 2.07. The third-order valence-electron chi connectivity index (χ3n) is 3.54. The van der Waals surface area contributed by atoms with Crippen molar-refractivity contribution in [2.24, 2.45) is 23.5 Å². The lowest BCUT2D eigenvalue weighted by Gasteiger charge is -2.30. The fourth-order valence-electron chi connectivity index (χ4n) is 2.23. The molecule has 0 aromatic rings. The maximum atomic E-state index is 12.6. The summed E-state index contributed by atoms with van der Waals surface area (Å²) in [4.78, 5) is 11.8. The maximum Gasteiger partial charge on any atom is 0.391 e. The van der Waals surface area contributed by atoms with Crippen LogP contribution in [0, 0.1) is 17.8 Å². The standard InChI is InChI=1S/C12H21F3N2O/c1-8(6-16)7-17-11(18)9-3-2-4-10(5-9)12(13,14)15/h8-10H,2-7,16H2,1H3,(H,17,18). The Morgan fingerprint density at radius 1 is 1.44 bits per heavy atom. The van der Waals surface area contributed by atoms with Crippen LogP contribution in [0.1, 0.15) is 32.6 Å². The van der Waals surface area contributed by atoms with Gasteiger partial charge in [-0.25, -0.2) is 0 Å². The van der Waals surface area contributed by atoms with Crippen LogP contribution in [0.5, 0.6) is 0 Å². The zero-order valence-electron chi connectivity index (χ0n) is 10.6. The van der Waals surface area contributed by atoms with E-state index in [9.17, 15) is 18.0 Å². The second-order valence-corrected chi connectivity index (χ2v) is 5.19. The number of hydrogen-bond donors (Lipinski definition) is 2. The molecule has 3 N–H and O–H groups in total. The molecule has 1 saturated carbocycles. The molecule has 0 radical (unpaired) electrons. The first-order valence-corrected chi connectivity index (χ1v) is 6.39. The van der Waals surface area contributed by atoms with E-state index >= 15 is 0 Å². The zero-order chi connectivity index (χ0) is 13.8. The van der Waals surface area contributed by atoms with Crippen molar-refractivity contribution in [2.75, 3.05) is 13.1 Å². The molecule has 0 saturated heterocycles. The van der Waals surface area contributed by atoms with Crippen LogP contribution in [-0.2, 0) is 4.79 Å². The summed E-state index contributed by atoms with van der Waals surface area (Å²) in [5, 5.41) is 2.69. The first-order chi connectivity index (χ1) is 8.34. The van der Waals surface area contributed by atoms with E-state index in [1.165, 1.54) is 0 Å². The van der Waals surface area contributed by atoms with Crippen LogP contribution in [0.25, 0.3) is 0 Å². The van der Waals surface area contributed by atoms with Crippen LogP contribution in [0.3, 0.4) is 0 Å². The molecule has 0 heterocycles. The first kappa shape index (κ1) is 15.3. The average molecular weight is 266 g/mol. The highest BCUT2D eigenvalue weighted by molar-refractivity contribution is 5.78. The van der Waals surface area contributed by atoms with Gasteiger partial charge in [-0.05, 0) is 31.7 Å². The number of nitrogens with two attached hydrogens (primary N) is 1. The number of amides is 1. The molecule has 1 aliphatic rings. The summed E-state index contributed by atoms with van der Waals surface area (Å²) in [6.07, 6.45) is -3.09. The van der Waals surface area contributed by atoms with Gasteiger partial charge in [0.05, 0.1) is 5.92 Å². The summed E-state index contributed by atoms with van der Waals surface area (Å²) in [6.45, 7) is 2.78. The van der Waals surface area contributed by atoms with Gasteiger partial charge in [-0.2, -0.15) is 13.2 Å². The SMILES string of the molecule is CC(CN)CNC(=O)C1CCCC(C(F)(F)F)C1. The molecule has 3 atom stereocenters. The minimum atomic E-state index is -4.18. The summed E-state index contributed by atoms with van der Waals surface area (Å²) in [5.41, 5.74) is 5.42. The monoisotopic (exact) mass is 266 g/mol. The van der Waals surface area contributed by atoms with Crippen molar-refractivity contribution in [3.63, 3.8) is 0 Å². The van der Waals surface area contributed by atoms with E-state index in [0.717, 1.165) is 0 Å². The highest BCUT2D eigenvalue weighted by Crippen LogP contribution is 2.39. The van der Waals surface area contributed by atoms with E-state index in [1.54, 1.807) is 0 Å². The van der Waals surface area contributed by atoms with Crippen molar-refractivity contribution in [1.82, 2.24) is 5.32 Å². The lowest BCUT2D eigenvalue weighted by molar-refractivity contribution is -0.186. The lowest BCUT2D eigenvalue weighted by Crippen LogP contribution is -2.39. The molecule has 1 amide bonds. The smallest absolute Gasteiger partial charge is 0.356 e. The molecule has 1 fully saturated rings. The molecule has 0 aromatic carbocycles. The van der Waals surface area contributed by atoms with E-state index in [2.05, 4.69) is 5.32 Å². The quantitative estimate of drug-likeness (QED) is 0.818. The minimum Gasteiger partial charge on any atom is -0.356 e. The van der Waals surface area contributed by atoms with E-state index in [-0.39, 0.29) is 24.7 Å². The summed E-state index contributed by atoms with van der Waals surface area (Å²) in [5.74, 6) is -1.94. The largest absolute Gasteiger partial charge is 0.391 e. The Labute approximate surface area is 105 Å². The average Bonchev–Trinajstić information content (AvgIpc) is 2.34. The van der Waals surface area contributed by atoms with Gasteiger partial charge >= 0.3 is 6.18 Å². The first-order valence-electron chi connectivity index (χ1n) is 6.39. The fraction of sp³-hybridized carbons (Fsp3) is 0.917. The van der Waals surface area contributed by atoms with Gasteiger partial charge in [0, 0.05) is 12.5 Å². The van der Waals surface area contributed by atoms with E-state index in [1.807, 2.05) is 6.92 Å². The molecule has 3 unspecified atom stereocenters. The van der Waals surface area contributed by atoms with E-state index in [0.29, 0.717) is 25.9 Å². The molecule has 18 heavy (non-hydrogen) atoms. The number of carbonyl (C=O) groups excluding carboxylic acids is 1. The number of nitrogens with one attached hydrogen (secondary N) is 1. The third-order valence-corrected chi connectivity index (χ3v) is 3.54. The van der Waals surface area contributed by atoms with Crippen LogP contribution in [0.15, 0.2) is 0 Å². The van der Waals surface area contributed by atoms with Gasteiger partial charge in [-0.3, -0.25) is 4.79 Å². The van der Waals surface area contributed by atoms with Gasteiger partial charge in [-0.15, -0.1) is 0 Å². The number of halogens is 3. The second kappa shape index (κ2) is 6.41. The summed E-state index contributed by atoms with van der Waals surface area (Å²) >= 11 is 0. The van der Waals surface area contributed by atoms with Crippen LogP contribution < -0.4 is 11.1 Å². The molecule has 0 spiro atoms. The molecule has 0 aliphatic heterocycles. The molecular weight excluding hydrogens is 245 g/mol. The van der Waals surface area contributed by atoms with Crippen molar-refractivity contribution in [3.8, 4) is 0 Å². The maximum absolute atomic E-state index is 12.6. The van der Waals surface area contributed by atoms with Gasteiger partial charge in [0.25, 0.3) is 0 Å². The van der Waals surface area contributed by atoms with Crippen molar-refractivity contribution in [1.29, 1.82) is 0 Å². The van der Waals surface area contributed by atoms with E-state index < -0.39 is 18.0 Å². The fourth-order valence-corrected chi connectivity index (χ4v) is 2.23. The number of hydrogen-bond acceptors (Lipinski definition) is 2. The van der Waals surface area contributed by atoms with Gasteiger partial charge in [0.1, 0.15) is 0 Å². The molecule has 6 heteroatoms. The number of carbonyl (C=O) groups is 1. The van der Waals surface area contributed by atoms with Crippen molar-refractivity contribution in [2.45, 2.75) is 38.8 Å². The second-order valence-electron chi connectivity index (χ2n) is 5.19. The van der Waals surface area contributed by atoms with Crippen molar-refractivity contribution < 1.29 is 18.0 Å². The molecule has 1 rings (SSSR count). The predicted molar refractivity (Wildman–Crippen MR) is 62.7 cm³/mol. The molecular formula is C12H21F3N2O. The van der Waals surface area contributed by atoms with Crippen molar-refractivity contribution >= 4 is 5.91 Å². The zero-order valence-corrected chi connectivity index (χ0v) is 10.6. The Kier molecular flexibility index (Phi) is 5.44. The van der Waals surface area contributed by atoms with Gasteiger partial charge in [0.2, 0.25) is 5.91 Å².